The predicted molar refractivity (Wildman–Crippen MR) is 72.8 cm³/mol. The minimum atomic E-state index is -0.625. The van der Waals surface area contributed by atoms with E-state index in [9.17, 15) is 9.90 Å². The molecule has 2 rings (SSSR count). The average Bonchev–Trinajstić information content (AvgIpc) is 2.33. The van der Waals surface area contributed by atoms with Crippen LogP contribution < -0.4 is 0 Å². The van der Waals surface area contributed by atoms with Gasteiger partial charge in [-0.15, -0.1) is 0 Å². The molecule has 98 valence electrons. The molecular formula is C16H22O2. The van der Waals surface area contributed by atoms with Crippen LogP contribution in [0.25, 0.3) is 0 Å². The lowest BCUT2D eigenvalue weighted by atomic mass is 9.65. The van der Waals surface area contributed by atoms with Crippen LogP contribution in [0.2, 0.25) is 0 Å². The molecule has 1 aliphatic rings. The molecule has 1 aromatic rings. The van der Waals surface area contributed by atoms with Crippen LogP contribution in [0.4, 0.5) is 0 Å². The molecule has 0 amide bonds. The van der Waals surface area contributed by atoms with Crippen LogP contribution in [-0.2, 0) is 11.2 Å². The summed E-state index contributed by atoms with van der Waals surface area (Å²) in [7, 11) is 0. The second kappa shape index (κ2) is 5.13. The van der Waals surface area contributed by atoms with E-state index in [1.165, 1.54) is 5.56 Å². The Morgan fingerprint density at radius 2 is 1.94 bits per heavy atom. The Morgan fingerprint density at radius 3 is 2.33 bits per heavy atom. The van der Waals surface area contributed by atoms with Gasteiger partial charge >= 0.3 is 5.97 Å². The van der Waals surface area contributed by atoms with Gasteiger partial charge < -0.3 is 5.11 Å². The highest BCUT2D eigenvalue weighted by Gasteiger charge is 2.44. The number of aliphatic carboxylic acids is 1. The maximum atomic E-state index is 11.3. The first-order valence-corrected chi connectivity index (χ1v) is 6.89. The number of carboxylic acid groups (broad SMARTS) is 1. The van der Waals surface area contributed by atoms with Gasteiger partial charge in [0.05, 0.1) is 5.41 Å². The fourth-order valence-electron chi connectivity index (χ4n) is 2.66. The van der Waals surface area contributed by atoms with Gasteiger partial charge in [-0.1, -0.05) is 44.5 Å². The number of carbonyl (C=O) groups is 1. The van der Waals surface area contributed by atoms with E-state index in [-0.39, 0.29) is 0 Å². The molecule has 1 atom stereocenters. The largest absolute Gasteiger partial charge is 0.481 e. The van der Waals surface area contributed by atoms with E-state index in [2.05, 4.69) is 38.1 Å². The molecule has 1 aliphatic carbocycles. The molecule has 1 fully saturated rings. The van der Waals surface area contributed by atoms with Crippen molar-refractivity contribution < 1.29 is 9.90 Å². The Kier molecular flexibility index (Phi) is 3.74. The molecule has 0 bridgehead atoms. The van der Waals surface area contributed by atoms with Crippen molar-refractivity contribution in [3.05, 3.63) is 35.4 Å². The molecular weight excluding hydrogens is 224 g/mol. The van der Waals surface area contributed by atoms with Crippen LogP contribution in [0, 0.1) is 5.41 Å². The Bertz CT molecular complexity index is 415. The molecule has 18 heavy (non-hydrogen) atoms. The molecule has 0 spiro atoms. The van der Waals surface area contributed by atoms with Crippen molar-refractivity contribution in [1.29, 1.82) is 0 Å². The van der Waals surface area contributed by atoms with E-state index in [1.54, 1.807) is 0 Å². The second-order valence-corrected chi connectivity index (χ2v) is 5.67. The molecule has 2 nitrogen and oxygen atoms in total. The molecule has 1 N–H and O–H groups in total. The van der Waals surface area contributed by atoms with E-state index in [0.717, 1.165) is 31.2 Å². The summed E-state index contributed by atoms with van der Waals surface area (Å²) in [6.45, 7) is 4.41. The van der Waals surface area contributed by atoms with Gasteiger partial charge in [0.1, 0.15) is 0 Å². The van der Waals surface area contributed by atoms with E-state index in [0.29, 0.717) is 12.3 Å². The summed E-state index contributed by atoms with van der Waals surface area (Å²) >= 11 is 0. The predicted octanol–water partition coefficient (Wildman–Crippen LogP) is 4.00. The maximum Gasteiger partial charge on any atom is 0.309 e. The SMILES string of the molecule is CCC(C)c1ccc(CC2(C(=O)O)CCC2)cc1. The minimum absolute atomic E-state index is 0.474. The Hall–Kier alpha value is -1.31. The van der Waals surface area contributed by atoms with Crippen molar-refractivity contribution in [1.82, 2.24) is 0 Å². The van der Waals surface area contributed by atoms with Gasteiger partial charge in [0.15, 0.2) is 0 Å². The molecule has 2 heteroatoms. The number of hydrogen-bond donors (Lipinski definition) is 1. The molecule has 0 aromatic heterocycles. The Balaban J connectivity index is 2.08. The van der Waals surface area contributed by atoms with E-state index in [1.807, 2.05) is 0 Å². The van der Waals surface area contributed by atoms with E-state index in [4.69, 9.17) is 0 Å². The first-order chi connectivity index (χ1) is 8.57. The van der Waals surface area contributed by atoms with Crippen molar-refractivity contribution in [2.75, 3.05) is 0 Å². The first kappa shape index (κ1) is 13.1. The van der Waals surface area contributed by atoms with Crippen LogP contribution in [-0.4, -0.2) is 11.1 Å². The molecule has 1 aromatic carbocycles. The molecule has 0 radical (unpaired) electrons. The van der Waals surface area contributed by atoms with E-state index < -0.39 is 11.4 Å². The third kappa shape index (κ3) is 2.43. The summed E-state index contributed by atoms with van der Waals surface area (Å²) in [4.78, 5) is 11.3. The van der Waals surface area contributed by atoms with Crippen molar-refractivity contribution in [2.45, 2.75) is 51.9 Å². The Morgan fingerprint density at radius 1 is 1.33 bits per heavy atom. The fraction of sp³-hybridized carbons (Fsp3) is 0.562. The third-order valence-corrected chi connectivity index (χ3v) is 4.47. The van der Waals surface area contributed by atoms with Crippen LogP contribution in [0.3, 0.4) is 0 Å². The molecule has 0 aliphatic heterocycles. The minimum Gasteiger partial charge on any atom is -0.481 e. The van der Waals surface area contributed by atoms with Crippen LogP contribution in [0.1, 0.15) is 56.6 Å². The lowest BCUT2D eigenvalue weighted by Gasteiger charge is -2.37. The molecule has 1 unspecified atom stereocenters. The summed E-state index contributed by atoms with van der Waals surface area (Å²) < 4.78 is 0. The van der Waals surface area contributed by atoms with Gasteiger partial charge in [0.2, 0.25) is 0 Å². The van der Waals surface area contributed by atoms with Crippen molar-refractivity contribution in [2.24, 2.45) is 5.41 Å². The number of benzene rings is 1. The van der Waals surface area contributed by atoms with Gasteiger partial charge in [0, 0.05) is 0 Å². The summed E-state index contributed by atoms with van der Waals surface area (Å²) in [6, 6.07) is 8.50. The molecule has 0 saturated heterocycles. The van der Waals surface area contributed by atoms with Gasteiger partial charge in [-0.25, -0.2) is 0 Å². The van der Waals surface area contributed by atoms with Crippen molar-refractivity contribution in [3.8, 4) is 0 Å². The zero-order chi connectivity index (χ0) is 13.2. The highest BCUT2D eigenvalue weighted by molar-refractivity contribution is 5.76. The van der Waals surface area contributed by atoms with Gasteiger partial charge in [0.25, 0.3) is 0 Å². The van der Waals surface area contributed by atoms with Crippen LogP contribution in [0.5, 0.6) is 0 Å². The number of rotatable bonds is 5. The van der Waals surface area contributed by atoms with Gasteiger partial charge in [-0.05, 0) is 42.7 Å². The monoisotopic (exact) mass is 246 g/mol. The van der Waals surface area contributed by atoms with Crippen LogP contribution >= 0.6 is 0 Å². The fourth-order valence-corrected chi connectivity index (χ4v) is 2.66. The number of carboxylic acids is 1. The second-order valence-electron chi connectivity index (χ2n) is 5.67. The summed E-state index contributed by atoms with van der Waals surface area (Å²) in [6.07, 6.45) is 4.53. The highest BCUT2D eigenvalue weighted by Crippen LogP contribution is 2.44. The quantitative estimate of drug-likeness (QED) is 0.852. The third-order valence-electron chi connectivity index (χ3n) is 4.47. The first-order valence-electron chi connectivity index (χ1n) is 6.89. The van der Waals surface area contributed by atoms with Gasteiger partial charge in [-0.3, -0.25) is 4.79 Å². The topological polar surface area (TPSA) is 37.3 Å². The number of hydrogen-bond acceptors (Lipinski definition) is 1. The zero-order valence-corrected chi connectivity index (χ0v) is 11.3. The standard InChI is InChI=1S/C16H22O2/c1-3-12(2)14-7-5-13(6-8-14)11-16(15(17)18)9-4-10-16/h5-8,12H,3-4,9-11H2,1-2H3,(H,17,18). The zero-order valence-electron chi connectivity index (χ0n) is 11.3. The smallest absolute Gasteiger partial charge is 0.309 e. The lowest BCUT2D eigenvalue weighted by molar-refractivity contribution is -0.154. The van der Waals surface area contributed by atoms with Crippen molar-refractivity contribution >= 4 is 5.97 Å². The average molecular weight is 246 g/mol. The molecule has 0 heterocycles. The maximum absolute atomic E-state index is 11.3. The lowest BCUT2D eigenvalue weighted by Crippen LogP contribution is -2.39. The van der Waals surface area contributed by atoms with Crippen molar-refractivity contribution in [3.63, 3.8) is 0 Å². The normalized spacial score (nSPS) is 19.0. The summed E-state index contributed by atoms with van der Waals surface area (Å²) in [5.74, 6) is -0.0454. The van der Waals surface area contributed by atoms with Gasteiger partial charge in [-0.2, -0.15) is 0 Å². The Labute approximate surface area is 109 Å². The summed E-state index contributed by atoms with van der Waals surface area (Å²) in [5.41, 5.74) is 2.03. The summed E-state index contributed by atoms with van der Waals surface area (Å²) in [5, 5.41) is 9.33. The van der Waals surface area contributed by atoms with Crippen LogP contribution in [0.15, 0.2) is 24.3 Å². The molecule has 1 saturated carbocycles. The highest BCUT2D eigenvalue weighted by atomic mass is 16.4. The van der Waals surface area contributed by atoms with E-state index >= 15 is 0 Å².